The molecule has 3 atom stereocenters. The van der Waals surface area contributed by atoms with Crippen molar-refractivity contribution < 1.29 is 9.59 Å². The van der Waals surface area contributed by atoms with E-state index in [0.29, 0.717) is 28.9 Å². The lowest BCUT2D eigenvalue weighted by molar-refractivity contribution is -0.124. The van der Waals surface area contributed by atoms with Crippen LogP contribution in [0.15, 0.2) is 48.5 Å². The molecule has 0 radical (unpaired) electrons. The van der Waals surface area contributed by atoms with Crippen LogP contribution in [0.25, 0.3) is 0 Å². The van der Waals surface area contributed by atoms with Crippen molar-refractivity contribution >= 4 is 35.2 Å². The zero-order valence-electron chi connectivity index (χ0n) is 22.5. The van der Waals surface area contributed by atoms with Gasteiger partial charge in [-0.15, -0.1) is 11.8 Å². The molecule has 2 aromatic rings. The molecule has 0 spiro atoms. The van der Waals surface area contributed by atoms with Crippen LogP contribution in [0, 0.1) is 0 Å². The van der Waals surface area contributed by atoms with E-state index in [-0.39, 0.29) is 22.6 Å². The minimum absolute atomic E-state index is 0.0445. The first-order valence-corrected chi connectivity index (χ1v) is 14.9. The SMILES string of the molecule is CC1CCCCN1CCCNC(=O)C1CSC(c2ccc(C(C)(C)C)cc2)N1C(=O)c1ccccc1Cl. The van der Waals surface area contributed by atoms with E-state index in [0.717, 1.165) is 25.1 Å². The Hall–Kier alpha value is -2.02. The van der Waals surface area contributed by atoms with Crippen molar-refractivity contribution in [2.45, 2.75) is 76.3 Å². The minimum Gasteiger partial charge on any atom is -0.354 e. The Morgan fingerprint density at radius 3 is 2.49 bits per heavy atom. The first-order valence-electron chi connectivity index (χ1n) is 13.5. The Morgan fingerprint density at radius 1 is 1.08 bits per heavy atom. The molecule has 2 aliphatic rings. The monoisotopic (exact) mass is 541 g/mol. The number of hydrogen-bond acceptors (Lipinski definition) is 4. The highest BCUT2D eigenvalue weighted by molar-refractivity contribution is 7.99. The van der Waals surface area contributed by atoms with Crippen molar-refractivity contribution in [3.8, 4) is 0 Å². The van der Waals surface area contributed by atoms with Crippen molar-refractivity contribution in [2.24, 2.45) is 0 Å². The van der Waals surface area contributed by atoms with E-state index in [1.54, 1.807) is 28.8 Å². The van der Waals surface area contributed by atoms with Crippen molar-refractivity contribution in [1.82, 2.24) is 15.1 Å². The standard InChI is InChI=1S/C30H40ClN3O2S/c1-21-10-7-8-18-33(21)19-9-17-32-27(35)26-20-37-29(22-13-15-23(16-14-22)30(2,3)4)34(26)28(36)24-11-5-6-12-25(24)31/h5-6,11-16,21,26,29H,7-10,17-20H2,1-4H3,(H,32,35). The van der Waals surface area contributed by atoms with Gasteiger partial charge in [0.05, 0.1) is 10.6 Å². The summed E-state index contributed by atoms with van der Waals surface area (Å²) in [5.74, 6) is 0.257. The highest BCUT2D eigenvalue weighted by Gasteiger charge is 2.43. The minimum atomic E-state index is -0.546. The molecule has 4 rings (SSSR count). The number of nitrogens with one attached hydrogen (secondary N) is 1. The highest BCUT2D eigenvalue weighted by Crippen LogP contribution is 2.43. The van der Waals surface area contributed by atoms with Gasteiger partial charge in [-0.1, -0.05) is 75.2 Å². The normalized spacial score (nSPS) is 22.7. The van der Waals surface area contributed by atoms with Gasteiger partial charge in [0.15, 0.2) is 0 Å². The van der Waals surface area contributed by atoms with Gasteiger partial charge in [-0.25, -0.2) is 0 Å². The molecule has 2 aromatic carbocycles. The first-order chi connectivity index (χ1) is 17.7. The Bertz CT molecular complexity index is 1080. The number of rotatable bonds is 7. The summed E-state index contributed by atoms with van der Waals surface area (Å²) in [6, 6.07) is 15.6. The van der Waals surface area contributed by atoms with E-state index in [4.69, 9.17) is 11.6 Å². The second kappa shape index (κ2) is 12.2. The van der Waals surface area contributed by atoms with Gasteiger partial charge in [0.25, 0.3) is 5.91 Å². The maximum absolute atomic E-state index is 13.8. The Morgan fingerprint density at radius 2 is 1.81 bits per heavy atom. The average Bonchev–Trinajstić information content (AvgIpc) is 3.32. The molecule has 0 saturated carbocycles. The molecular weight excluding hydrogens is 502 g/mol. The molecule has 7 heteroatoms. The smallest absolute Gasteiger partial charge is 0.257 e. The summed E-state index contributed by atoms with van der Waals surface area (Å²) < 4.78 is 0. The molecule has 1 N–H and O–H groups in total. The molecule has 0 aliphatic carbocycles. The average molecular weight is 542 g/mol. The summed E-state index contributed by atoms with van der Waals surface area (Å²) in [5.41, 5.74) is 2.73. The third kappa shape index (κ3) is 6.71. The van der Waals surface area contributed by atoms with Crippen molar-refractivity contribution in [1.29, 1.82) is 0 Å². The fourth-order valence-electron chi connectivity index (χ4n) is 5.24. The summed E-state index contributed by atoms with van der Waals surface area (Å²) in [5, 5.41) is 3.28. The van der Waals surface area contributed by atoms with Gasteiger partial charge >= 0.3 is 0 Å². The predicted octanol–water partition coefficient (Wildman–Crippen LogP) is 6.27. The number of amides is 2. The van der Waals surface area contributed by atoms with Crippen LogP contribution < -0.4 is 5.32 Å². The Labute approximate surface area is 231 Å². The van der Waals surface area contributed by atoms with E-state index in [9.17, 15) is 9.59 Å². The van der Waals surface area contributed by atoms with E-state index in [1.807, 2.05) is 12.1 Å². The van der Waals surface area contributed by atoms with Gasteiger partial charge in [-0.3, -0.25) is 9.59 Å². The largest absolute Gasteiger partial charge is 0.354 e. The molecule has 3 unspecified atom stereocenters. The zero-order valence-corrected chi connectivity index (χ0v) is 24.1. The maximum Gasteiger partial charge on any atom is 0.257 e. The van der Waals surface area contributed by atoms with E-state index >= 15 is 0 Å². The summed E-state index contributed by atoms with van der Waals surface area (Å²) in [4.78, 5) is 31.5. The van der Waals surface area contributed by atoms with Crippen molar-refractivity contribution in [3.63, 3.8) is 0 Å². The molecule has 2 saturated heterocycles. The van der Waals surface area contributed by atoms with Crippen molar-refractivity contribution in [2.75, 3.05) is 25.4 Å². The lowest BCUT2D eigenvalue weighted by atomic mass is 9.86. The second-order valence-electron chi connectivity index (χ2n) is 11.3. The lowest BCUT2D eigenvalue weighted by Gasteiger charge is -2.33. The quantitative estimate of drug-likeness (QED) is 0.419. The molecule has 2 amide bonds. The van der Waals surface area contributed by atoms with Crippen LogP contribution in [0.3, 0.4) is 0 Å². The van der Waals surface area contributed by atoms with Crippen LogP contribution in [0.5, 0.6) is 0 Å². The number of benzene rings is 2. The Balaban J connectivity index is 1.49. The fraction of sp³-hybridized carbons (Fsp3) is 0.533. The first kappa shape index (κ1) is 28.0. The number of halogens is 1. The number of likely N-dealkylation sites (tertiary alicyclic amines) is 1. The number of hydrogen-bond donors (Lipinski definition) is 1. The highest BCUT2D eigenvalue weighted by atomic mass is 35.5. The fourth-order valence-corrected chi connectivity index (χ4v) is 6.88. The summed E-state index contributed by atoms with van der Waals surface area (Å²) in [7, 11) is 0. The summed E-state index contributed by atoms with van der Waals surface area (Å²) >= 11 is 8.06. The van der Waals surface area contributed by atoms with Gasteiger partial charge < -0.3 is 15.1 Å². The third-order valence-corrected chi connectivity index (χ3v) is 9.22. The second-order valence-corrected chi connectivity index (χ2v) is 12.8. The molecular formula is C30H40ClN3O2S. The molecule has 0 aromatic heterocycles. The van der Waals surface area contributed by atoms with E-state index in [2.05, 4.69) is 62.2 Å². The van der Waals surface area contributed by atoms with Gasteiger partial charge in [-0.05, 0) is 61.4 Å². The number of thioether (sulfide) groups is 1. The van der Waals surface area contributed by atoms with Crippen LogP contribution in [-0.4, -0.2) is 59.1 Å². The van der Waals surface area contributed by atoms with E-state index in [1.165, 1.54) is 24.8 Å². The number of carbonyl (C=O) groups excluding carboxylic acids is 2. The maximum atomic E-state index is 13.8. The number of nitrogens with zero attached hydrogens (tertiary/aromatic N) is 2. The number of carbonyl (C=O) groups is 2. The van der Waals surface area contributed by atoms with Crippen LogP contribution in [-0.2, 0) is 10.2 Å². The molecule has 2 fully saturated rings. The van der Waals surface area contributed by atoms with Gasteiger partial charge in [0.2, 0.25) is 5.91 Å². The van der Waals surface area contributed by atoms with Crippen molar-refractivity contribution in [3.05, 3.63) is 70.2 Å². The Kier molecular flexibility index (Phi) is 9.25. The molecule has 5 nitrogen and oxygen atoms in total. The van der Waals surface area contributed by atoms with E-state index < -0.39 is 6.04 Å². The molecule has 2 aliphatic heterocycles. The zero-order chi connectivity index (χ0) is 26.6. The lowest BCUT2D eigenvalue weighted by Crippen LogP contribution is -2.48. The van der Waals surface area contributed by atoms with Gasteiger partial charge in [0, 0.05) is 24.9 Å². The summed E-state index contributed by atoms with van der Waals surface area (Å²) in [6.07, 6.45) is 4.73. The topological polar surface area (TPSA) is 52.7 Å². The third-order valence-electron chi connectivity index (χ3n) is 7.57. The number of piperidine rings is 1. The molecule has 37 heavy (non-hydrogen) atoms. The van der Waals surface area contributed by atoms with Gasteiger partial charge in [0.1, 0.15) is 11.4 Å². The molecule has 2 heterocycles. The molecule has 0 bridgehead atoms. The van der Waals surface area contributed by atoms with Crippen LogP contribution in [0.1, 0.15) is 80.2 Å². The summed E-state index contributed by atoms with van der Waals surface area (Å²) in [6.45, 7) is 11.6. The predicted molar refractivity (Wildman–Crippen MR) is 154 cm³/mol. The van der Waals surface area contributed by atoms with Crippen LogP contribution in [0.4, 0.5) is 0 Å². The van der Waals surface area contributed by atoms with Crippen LogP contribution >= 0.6 is 23.4 Å². The van der Waals surface area contributed by atoms with Gasteiger partial charge in [-0.2, -0.15) is 0 Å². The van der Waals surface area contributed by atoms with Crippen LogP contribution in [0.2, 0.25) is 5.02 Å². The molecule has 200 valence electrons.